The number of piperazine rings is 1. The van der Waals surface area contributed by atoms with Gasteiger partial charge < -0.3 is 9.80 Å². The number of hydrogen-bond acceptors (Lipinski definition) is 3. The molecule has 1 aromatic rings. The molecule has 0 bridgehead atoms. The summed E-state index contributed by atoms with van der Waals surface area (Å²) >= 11 is 0. The van der Waals surface area contributed by atoms with Gasteiger partial charge in [0.2, 0.25) is 15.9 Å². The zero-order valence-electron chi connectivity index (χ0n) is 13.1. The van der Waals surface area contributed by atoms with Crippen molar-refractivity contribution in [2.24, 2.45) is 0 Å². The van der Waals surface area contributed by atoms with Gasteiger partial charge in [-0.15, -0.1) is 0 Å². The van der Waals surface area contributed by atoms with Crippen molar-refractivity contribution in [1.82, 2.24) is 4.90 Å². The molecular weight excluding hydrogens is 328 g/mol. The number of likely N-dealkylation sites (N-methyl/N-ethyl adjacent to an activating group) is 1. The molecule has 0 atom stereocenters. The van der Waals surface area contributed by atoms with Gasteiger partial charge in [-0.1, -0.05) is 0 Å². The van der Waals surface area contributed by atoms with Gasteiger partial charge in [0.1, 0.15) is 6.54 Å². The van der Waals surface area contributed by atoms with Gasteiger partial charge in [0, 0.05) is 6.07 Å². The first-order valence-corrected chi connectivity index (χ1v) is 9.05. The highest BCUT2D eigenvalue weighted by atomic mass is 32.2. The number of halogens is 2. The van der Waals surface area contributed by atoms with Crippen LogP contribution in [0.5, 0.6) is 0 Å². The Morgan fingerprint density at radius 2 is 1.87 bits per heavy atom. The number of rotatable bonds is 4. The van der Waals surface area contributed by atoms with E-state index >= 15 is 0 Å². The van der Waals surface area contributed by atoms with Crippen LogP contribution in [0.2, 0.25) is 0 Å². The van der Waals surface area contributed by atoms with Crippen LogP contribution in [0.3, 0.4) is 0 Å². The topological polar surface area (TPSA) is 62.1 Å². The van der Waals surface area contributed by atoms with Crippen molar-refractivity contribution in [2.75, 3.05) is 50.3 Å². The van der Waals surface area contributed by atoms with Crippen LogP contribution in [0, 0.1) is 11.6 Å². The molecule has 2 rings (SSSR count). The third-order valence-electron chi connectivity index (χ3n) is 3.84. The maximum absolute atomic E-state index is 13.4. The predicted octanol–water partition coefficient (Wildman–Crippen LogP) is -0.912. The summed E-state index contributed by atoms with van der Waals surface area (Å²) in [5.41, 5.74) is -0.0699. The van der Waals surface area contributed by atoms with Gasteiger partial charge in [0.05, 0.1) is 45.2 Å². The minimum absolute atomic E-state index is 0.0699. The van der Waals surface area contributed by atoms with Gasteiger partial charge in [0.25, 0.3) is 0 Å². The minimum atomic E-state index is -3.80. The lowest BCUT2D eigenvalue weighted by molar-refractivity contribution is -0.883. The molecule has 0 aliphatic carbocycles. The number of anilines is 1. The first kappa shape index (κ1) is 17.6. The maximum atomic E-state index is 13.4. The Bertz CT molecular complexity index is 689. The van der Waals surface area contributed by atoms with E-state index in [1.807, 2.05) is 7.05 Å². The Hall–Kier alpha value is -1.74. The molecule has 1 aliphatic heterocycles. The van der Waals surface area contributed by atoms with Crippen molar-refractivity contribution in [3.05, 3.63) is 29.8 Å². The molecule has 1 heterocycles. The lowest BCUT2D eigenvalue weighted by Gasteiger charge is -2.32. The first-order chi connectivity index (χ1) is 10.7. The quantitative estimate of drug-likeness (QED) is 0.766. The van der Waals surface area contributed by atoms with E-state index in [4.69, 9.17) is 0 Å². The molecule has 0 aromatic heterocycles. The van der Waals surface area contributed by atoms with Crippen LogP contribution in [-0.2, 0) is 14.8 Å². The van der Waals surface area contributed by atoms with Gasteiger partial charge in [-0.05, 0) is 12.1 Å². The second-order valence-electron chi connectivity index (χ2n) is 5.71. The molecule has 9 heteroatoms. The molecule has 0 saturated carbocycles. The average Bonchev–Trinajstić information content (AvgIpc) is 2.47. The van der Waals surface area contributed by atoms with E-state index in [1.54, 1.807) is 4.90 Å². The number of quaternary nitrogens is 1. The van der Waals surface area contributed by atoms with Gasteiger partial charge in [-0.2, -0.15) is 0 Å². The summed E-state index contributed by atoms with van der Waals surface area (Å²) in [5, 5.41) is 0. The number of amides is 1. The highest BCUT2D eigenvalue weighted by molar-refractivity contribution is 7.92. The van der Waals surface area contributed by atoms with E-state index in [0.717, 1.165) is 41.8 Å². The number of carbonyl (C=O) groups is 1. The third-order valence-corrected chi connectivity index (χ3v) is 4.98. The molecule has 1 aliphatic rings. The Kier molecular flexibility index (Phi) is 5.20. The molecule has 0 unspecified atom stereocenters. The average molecular weight is 348 g/mol. The fraction of sp³-hybridized carbons (Fsp3) is 0.500. The lowest BCUT2D eigenvalue weighted by atomic mass is 10.3. The molecule has 1 aromatic carbocycles. The highest BCUT2D eigenvalue weighted by Crippen LogP contribution is 2.20. The van der Waals surface area contributed by atoms with Crippen LogP contribution < -0.4 is 9.21 Å². The van der Waals surface area contributed by atoms with Crippen LogP contribution in [0.4, 0.5) is 14.5 Å². The second-order valence-corrected chi connectivity index (χ2v) is 7.61. The molecular formula is C14H20F2N3O3S+. The van der Waals surface area contributed by atoms with Gasteiger partial charge >= 0.3 is 0 Å². The molecule has 1 amide bonds. The van der Waals surface area contributed by atoms with Crippen LogP contribution in [0.1, 0.15) is 0 Å². The fourth-order valence-electron chi connectivity index (χ4n) is 2.40. The van der Waals surface area contributed by atoms with E-state index in [-0.39, 0.29) is 11.6 Å². The minimum Gasteiger partial charge on any atom is -0.334 e. The van der Waals surface area contributed by atoms with Gasteiger partial charge in [0.15, 0.2) is 11.6 Å². The number of hydrogen-bond donors (Lipinski definition) is 1. The molecule has 1 N–H and O–H groups in total. The number of sulfonamides is 1. The predicted molar refractivity (Wildman–Crippen MR) is 81.7 cm³/mol. The lowest BCUT2D eigenvalue weighted by Crippen LogP contribution is -3.12. The van der Waals surface area contributed by atoms with Crippen molar-refractivity contribution >= 4 is 21.6 Å². The Morgan fingerprint density at radius 1 is 1.26 bits per heavy atom. The summed E-state index contributed by atoms with van der Waals surface area (Å²) in [4.78, 5) is 15.2. The van der Waals surface area contributed by atoms with Gasteiger partial charge in [-0.3, -0.25) is 9.10 Å². The van der Waals surface area contributed by atoms with Crippen molar-refractivity contribution in [3.63, 3.8) is 0 Å². The van der Waals surface area contributed by atoms with E-state index in [9.17, 15) is 22.0 Å². The van der Waals surface area contributed by atoms with Crippen LogP contribution in [0.15, 0.2) is 18.2 Å². The van der Waals surface area contributed by atoms with Crippen molar-refractivity contribution < 1.29 is 26.9 Å². The van der Waals surface area contributed by atoms with E-state index in [2.05, 4.69) is 0 Å². The monoisotopic (exact) mass is 348 g/mol. The second kappa shape index (κ2) is 6.79. The molecule has 1 fully saturated rings. The number of benzene rings is 1. The summed E-state index contributed by atoms with van der Waals surface area (Å²) < 4.78 is 51.1. The SMILES string of the molecule is C[NH+]1CCN(C(=O)CN(c2ccc(F)c(F)c2)S(C)(=O)=O)CC1. The summed E-state index contributed by atoms with van der Waals surface area (Å²) in [6, 6.07) is 2.76. The zero-order valence-corrected chi connectivity index (χ0v) is 13.9. The summed E-state index contributed by atoms with van der Waals surface area (Å²) in [6.45, 7) is 2.23. The van der Waals surface area contributed by atoms with Crippen LogP contribution in [0.25, 0.3) is 0 Å². The molecule has 6 nitrogen and oxygen atoms in total. The smallest absolute Gasteiger partial charge is 0.243 e. The number of nitrogens with zero attached hydrogens (tertiary/aromatic N) is 2. The zero-order chi connectivity index (χ0) is 17.2. The Morgan fingerprint density at radius 3 is 2.39 bits per heavy atom. The molecule has 23 heavy (non-hydrogen) atoms. The van der Waals surface area contributed by atoms with Gasteiger partial charge in [-0.25, -0.2) is 17.2 Å². The third kappa shape index (κ3) is 4.38. The molecule has 0 radical (unpaired) electrons. The summed E-state index contributed by atoms with van der Waals surface area (Å²) in [7, 11) is -1.78. The summed E-state index contributed by atoms with van der Waals surface area (Å²) in [6.07, 6.45) is 0.926. The number of carbonyl (C=O) groups excluding carboxylic acids is 1. The van der Waals surface area contributed by atoms with Crippen molar-refractivity contribution in [2.45, 2.75) is 0 Å². The van der Waals surface area contributed by atoms with E-state index in [0.29, 0.717) is 13.1 Å². The summed E-state index contributed by atoms with van der Waals surface area (Å²) in [5.74, 6) is -2.59. The van der Waals surface area contributed by atoms with Crippen LogP contribution in [-0.4, -0.2) is 65.3 Å². The molecule has 1 saturated heterocycles. The maximum Gasteiger partial charge on any atom is 0.243 e. The number of nitrogens with one attached hydrogen (secondary N) is 1. The first-order valence-electron chi connectivity index (χ1n) is 7.20. The Balaban J connectivity index is 2.19. The molecule has 0 spiro atoms. The molecule has 128 valence electrons. The highest BCUT2D eigenvalue weighted by Gasteiger charge is 2.27. The Labute approximate surface area is 134 Å². The van der Waals surface area contributed by atoms with E-state index < -0.39 is 28.2 Å². The van der Waals surface area contributed by atoms with Crippen molar-refractivity contribution in [3.8, 4) is 0 Å². The van der Waals surface area contributed by atoms with Crippen LogP contribution >= 0.6 is 0 Å². The normalized spacial score (nSPS) is 16.4. The van der Waals surface area contributed by atoms with E-state index in [1.165, 1.54) is 4.90 Å². The van der Waals surface area contributed by atoms with Crippen molar-refractivity contribution in [1.29, 1.82) is 0 Å². The fourth-order valence-corrected chi connectivity index (χ4v) is 3.24. The largest absolute Gasteiger partial charge is 0.334 e. The standard InChI is InChI=1S/C14H19F2N3O3S/c1-17-5-7-18(8-6-17)14(20)10-19(23(2,21)22)11-3-4-12(15)13(16)9-11/h3-4,9H,5-8,10H2,1-2H3/p+1.